The normalized spacial score (nSPS) is 19.4. The molecule has 1 saturated heterocycles. The van der Waals surface area contributed by atoms with Crippen molar-refractivity contribution in [3.8, 4) is 5.75 Å². The Labute approximate surface area is 170 Å². The number of sulfone groups is 1. The van der Waals surface area contributed by atoms with E-state index in [2.05, 4.69) is 0 Å². The topological polar surface area (TPSA) is 76.8 Å². The summed E-state index contributed by atoms with van der Waals surface area (Å²) in [5.74, 6) is 1.67. The number of rotatable bonds is 6. The second kappa shape index (κ2) is 8.17. The zero-order valence-electron chi connectivity index (χ0n) is 16.1. The number of halogens is 1. The highest BCUT2D eigenvalue weighted by Crippen LogP contribution is 2.25. The summed E-state index contributed by atoms with van der Waals surface area (Å²) >= 11 is 6.04. The third-order valence-electron chi connectivity index (χ3n) is 4.84. The van der Waals surface area contributed by atoms with Gasteiger partial charge in [0.1, 0.15) is 17.3 Å². The van der Waals surface area contributed by atoms with Gasteiger partial charge in [0.25, 0.3) is 5.91 Å². The number of amides is 1. The summed E-state index contributed by atoms with van der Waals surface area (Å²) in [6.07, 6.45) is -0.361. The Kier molecular flexibility index (Phi) is 6.05. The summed E-state index contributed by atoms with van der Waals surface area (Å²) in [4.78, 5) is 14.7. The number of ether oxygens (including phenoxy) is 1. The summed E-state index contributed by atoms with van der Waals surface area (Å²) in [5, 5.41) is 0.623. The zero-order valence-corrected chi connectivity index (χ0v) is 17.7. The summed E-state index contributed by atoms with van der Waals surface area (Å²) in [7, 11) is -3.14. The first kappa shape index (κ1) is 20.7. The average Bonchev–Trinajstić information content (AvgIpc) is 3.20. The highest BCUT2D eigenvalue weighted by molar-refractivity contribution is 7.91. The molecule has 1 aliphatic heterocycles. The molecule has 152 valence electrons. The van der Waals surface area contributed by atoms with Crippen molar-refractivity contribution in [1.29, 1.82) is 0 Å². The van der Waals surface area contributed by atoms with E-state index in [0.717, 1.165) is 11.3 Å². The van der Waals surface area contributed by atoms with Gasteiger partial charge in [-0.1, -0.05) is 11.6 Å². The Balaban J connectivity index is 1.79. The Hall–Kier alpha value is -1.99. The molecular formula is C20H24ClNO5S. The van der Waals surface area contributed by atoms with Gasteiger partial charge in [0, 0.05) is 11.1 Å². The van der Waals surface area contributed by atoms with Crippen LogP contribution in [0.5, 0.6) is 5.75 Å². The van der Waals surface area contributed by atoms with Crippen LogP contribution in [0.15, 0.2) is 34.7 Å². The minimum Gasteiger partial charge on any atom is -0.481 e. The lowest BCUT2D eigenvalue weighted by Gasteiger charge is -2.30. The number of hydrogen-bond acceptors (Lipinski definition) is 5. The van der Waals surface area contributed by atoms with E-state index < -0.39 is 15.9 Å². The van der Waals surface area contributed by atoms with E-state index in [4.69, 9.17) is 20.8 Å². The van der Waals surface area contributed by atoms with Gasteiger partial charge in [-0.3, -0.25) is 4.79 Å². The van der Waals surface area contributed by atoms with Crippen LogP contribution in [0.25, 0.3) is 0 Å². The predicted octanol–water partition coefficient (Wildman–Crippen LogP) is 3.53. The third kappa shape index (κ3) is 4.89. The highest BCUT2D eigenvalue weighted by atomic mass is 35.5. The Bertz CT molecular complexity index is 969. The third-order valence-corrected chi connectivity index (χ3v) is 7.02. The first-order chi connectivity index (χ1) is 13.1. The van der Waals surface area contributed by atoms with Crippen molar-refractivity contribution in [3.05, 3.63) is 52.4 Å². The monoisotopic (exact) mass is 425 g/mol. The Morgan fingerprint density at radius 2 is 2.07 bits per heavy atom. The quantitative estimate of drug-likeness (QED) is 0.707. The molecule has 0 aliphatic carbocycles. The van der Waals surface area contributed by atoms with Gasteiger partial charge >= 0.3 is 0 Å². The van der Waals surface area contributed by atoms with Crippen LogP contribution in [0.4, 0.5) is 0 Å². The fraction of sp³-hybridized carbons (Fsp3) is 0.450. The Morgan fingerprint density at radius 3 is 2.64 bits per heavy atom. The van der Waals surface area contributed by atoms with Crippen LogP contribution in [-0.2, 0) is 21.2 Å². The number of hydrogen-bond donors (Lipinski definition) is 0. The smallest absolute Gasteiger partial charge is 0.264 e. The maximum Gasteiger partial charge on any atom is 0.264 e. The summed E-state index contributed by atoms with van der Waals surface area (Å²) in [5.41, 5.74) is 0.851. The van der Waals surface area contributed by atoms with Crippen LogP contribution in [0.2, 0.25) is 5.02 Å². The number of benzene rings is 1. The molecule has 0 radical (unpaired) electrons. The van der Waals surface area contributed by atoms with E-state index in [-0.39, 0.29) is 30.0 Å². The lowest BCUT2D eigenvalue weighted by Crippen LogP contribution is -2.46. The second-order valence-corrected chi connectivity index (χ2v) is 9.84. The average molecular weight is 426 g/mol. The van der Waals surface area contributed by atoms with E-state index in [1.807, 2.05) is 19.9 Å². The lowest BCUT2D eigenvalue weighted by molar-refractivity contribution is -0.140. The molecule has 1 fully saturated rings. The van der Waals surface area contributed by atoms with E-state index >= 15 is 0 Å². The summed E-state index contributed by atoms with van der Waals surface area (Å²) in [6.45, 7) is 5.55. The number of carbonyl (C=O) groups excluding carboxylic acids is 1. The molecule has 2 atom stereocenters. The first-order valence-electron chi connectivity index (χ1n) is 9.13. The van der Waals surface area contributed by atoms with Gasteiger partial charge in [0.2, 0.25) is 0 Å². The van der Waals surface area contributed by atoms with E-state index in [1.165, 1.54) is 0 Å². The molecule has 1 amide bonds. The SMILES string of the molecule is Cc1ccc(CN(C(=O)[C@@H](C)Oc2ccc(Cl)c(C)c2)[C@H]2CCS(=O)(=O)C2)o1. The fourth-order valence-corrected chi connectivity index (χ4v) is 5.17. The molecule has 2 aromatic rings. The van der Waals surface area contributed by atoms with Gasteiger partial charge in [-0.05, 0) is 63.1 Å². The van der Waals surface area contributed by atoms with Crippen molar-refractivity contribution in [2.75, 3.05) is 11.5 Å². The van der Waals surface area contributed by atoms with Gasteiger partial charge in [-0.2, -0.15) is 0 Å². The minimum absolute atomic E-state index is 0.0365. The molecule has 0 spiro atoms. The van der Waals surface area contributed by atoms with Crippen molar-refractivity contribution in [2.24, 2.45) is 0 Å². The van der Waals surface area contributed by atoms with Crippen molar-refractivity contribution in [3.63, 3.8) is 0 Å². The Morgan fingerprint density at radius 1 is 1.32 bits per heavy atom. The molecule has 3 rings (SSSR count). The van der Waals surface area contributed by atoms with Gasteiger partial charge in [0.05, 0.1) is 18.1 Å². The second-order valence-electron chi connectivity index (χ2n) is 7.21. The molecule has 0 saturated carbocycles. The molecule has 1 aromatic carbocycles. The van der Waals surface area contributed by atoms with Crippen molar-refractivity contribution < 1.29 is 22.4 Å². The maximum atomic E-state index is 13.1. The number of nitrogens with zero attached hydrogens (tertiary/aromatic N) is 1. The van der Waals surface area contributed by atoms with Crippen molar-refractivity contribution >= 4 is 27.3 Å². The van der Waals surface area contributed by atoms with Crippen LogP contribution in [0.3, 0.4) is 0 Å². The van der Waals surface area contributed by atoms with E-state index in [9.17, 15) is 13.2 Å². The largest absolute Gasteiger partial charge is 0.481 e. The number of carbonyl (C=O) groups is 1. The number of aryl methyl sites for hydroxylation is 2. The molecule has 0 N–H and O–H groups in total. The van der Waals surface area contributed by atoms with Crippen LogP contribution < -0.4 is 4.74 Å². The lowest BCUT2D eigenvalue weighted by atomic mass is 10.2. The molecule has 6 nitrogen and oxygen atoms in total. The van der Waals surface area contributed by atoms with Gasteiger partial charge in [-0.15, -0.1) is 0 Å². The summed E-state index contributed by atoms with van der Waals surface area (Å²) < 4.78 is 35.3. The van der Waals surface area contributed by atoms with Crippen LogP contribution in [0.1, 0.15) is 30.4 Å². The summed E-state index contributed by atoms with van der Waals surface area (Å²) in [6, 6.07) is 8.43. The molecule has 1 aliphatic rings. The van der Waals surface area contributed by atoms with Crippen molar-refractivity contribution in [2.45, 2.75) is 45.9 Å². The van der Waals surface area contributed by atoms with Gasteiger partial charge in [-0.25, -0.2) is 8.42 Å². The number of furan rings is 1. The predicted molar refractivity (Wildman–Crippen MR) is 107 cm³/mol. The standard InChI is InChI=1S/C20H24ClNO5S/c1-13-10-17(6-7-19(13)21)27-15(3)20(23)22(11-18-5-4-14(2)26-18)16-8-9-28(24,25)12-16/h4-7,10,15-16H,8-9,11-12H2,1-3H3/t15-,16+/m1/s1. The minimum atomic E-state index is -3.14. The van der Waals surface area contributed by atoms with Crippen LogP contribution in [-0.4, -0.2) is 42.9 Å². The molecule has 0 unspecified atom stereocenters. The highest BCUT2D eigenvalue weighted by Gasteiger charge is 2.37. The van der Waals surface area contributed by atoms with E-state index in [1.54, 1.807) is 36.1 Å². The first-order valence-corrected chi connectivity index (χ1v) is 11.3. The van der Waals surface area contributed by atoms with Crippen LogP contribution >= 0.6 is 11.6 Å². The molecule has 8 heteroatoms. The zero-order chi connectivity index (χ0) is 20.5. The van der Waals surface area contributed by atoms with Gasteiger partial charge in [0.15, 0.2) is 15.9 Å². The fourth-order valence-electron chi connectivity index (χ4n) is 3.32. The molecular weight excluding hydrogens is 402 g/mol. The molecule has 2 heterocycles. The van der Waals surface area contributed by atoms with Crippen molar-refractivity contribution in [1.82, 2.24) is 4.90 Å². The molecule has 28 heavy (non-hydrogen) atoms. The van der Waals surface area contributed by atoms with E-state index in [0.29, 0.717) is 23.0 Å². The molecule has 0 bridgehead atoms. The maximum absolute atomic E-state index is 13.1. The van der Waals surface area contributed by atoms with Crippen LogP contribution in [0, 0.1) is 13.8 Å². The van der Waals surface area contributed by atoms with Gasteiger partial charge < -0.3 is 14.1 Å². The molecule has 1 aromatic heterocycles.